The summed E-state index contributed by atoms with van der Waals surface area (Å²) in [5.74, 6) is -1.90. The number of halogens is 3. The maximum Gasteiger partial charge on any atom is 0.292 e. The van der Waals surface area contributed by atoms with Gasteiger partial charge in [0.1, 0.15) is 16.5 Å². The monoisotopic (exact) mass is 420 g/mol. The van der Waals surface area contributed by atoms with Gasteiger partial charge in [-0.2, -0.15) is 14.9 Å². The second-order valence-electron chi connectivity index (χ2n) is 6.50. The molecule has 0 aliphatic carbocycles. The molecular formula is C18H15ClF2N6O2. The van der Waals surface area contributed by atoms with E-state index >= 15 is 0 Å². The summed E-state index contributed by atoms with van der Waals surface area (Å²) in [6, 6.07) is 2.78. The van der Waals surface area contributed by atoms with Crippen molar-refractivity contribution in [2.24, 2.45) is 7.05 Å². The number of aryl methyl sites for hydroxylation is 1. The predicted molar refractivity (Wildman–Crippen MR) is 103 cm³/mol. The number of rotatable bonds is 3. The first-order chi connectivity index (χ1) is 13.8. The lowest BCUT2D eigenvalue weighted by molar-refractivity contribution is -0.117. The van der Waals surface area contributed by atoms with Gasteiger partial charge in [-0.05, 0) is 12.1 Å². The van der Waals surface area contributed by atoms with Crippen LogP contribution in [-0.2, 0) is 11.8 Å². The molecule has 1 aliphatic heterocycles. The Bertz CT molecular complexity index is 1160. The van der Waals surface area contributed by atoms with Gasteiger partial charge in [-0.15, -0.1) is 0 Å². The van der Waals surface area contributed by atoms with Crippen molar-refractivity contribution in [1.82, 2.24) is 19.6 Å². The number of hydrogen-bond donors (Lipinski definition) is 0. The Balaban J connectivity index is 1.61. The molecule has 4 rings (SSSR count). The number of benzene rings is 1. The third kappa shape index (κ3) is 3.46. The van der Waals surface area contributed by atoms with Crippen LogP contribution < -0.4 is 15.4 Å². The van der Waals surface area contributed by atoms with E-state index in [1.54, 1.807) is 33.9 Å². The molecule has 1 saturated heterocycles. The average molecular weight is 421 g/mol. The van der Waals surface area contributed by atoms with Crippen LogP contribution in [0.1, 0.15) is 0 Å². The number of carbonyl (C=O) groups excluding carboxylic acids is 1. The standard InChI is InChI=1S/C18H15ClF2N6O2/c1-24-9-12(7-22-24)26-5-4-25(10-16(26)28)15-8-23-27(18(29)17(15)19)14-3-2-11(20)6-13(14)21/h2-3,6-9H,4-5,10H2,1H3. The minimum absolute atomic E-state index is 0.00927. The van der Waals surface area contributed by atoms with Crippen molar-refractivity contribution in [3.63, 3.8) is 0 Å². The molecule has 0 unspecified atom stereocenters. The Morgan fingerprint density at radius 2 is 1.86 bits per heavy atom. The van der Waals surface area contributed by atoms with E-state index in [0.29, 0.717) is 24.8 Å². The SMILES string of the molecule is Cn1cc(N2CCN(c3cnn(-c4ccc(F)cc4F)c(=O)c3Cl)CC2=O)cn1. The van der Waals surface area contributed by atoms with Crippen LogP contribution in [0.2, 0.25) is 5.02 Å². The van der Waals surface area contributed by atoms with Crippen LogP contribution >= 0.6 is 11.6 Å². The Morgan fingerprint density at radius 3 is 2.52 bits per heavy atom. The lowest BCUT2D eigenvalue weighted by atomic mass is 10.2. The lowest BCUT2D eigenvalue weighted by Gasteiger charge is -2.35. The molecule has 1 aromatic carbocycles. The molecule has 3 heterocycles. The first-order valence-corrected chi connectivity index (χ1v) is 9.00. The van der Waals surface area contributed by atoms with Crippen LogP contribution in [0.15, 0.2) is 41.6 Å². The van der Waals surface area contributed by atoms with E-state index in [-0.39, 0.29) is 28.8 Å². The summed E-state index contributed by atoms with van der Waals surface area (Å²) in [7, 11) is 1.76. The van der Waals surface area contributed by atoms with E-state index in [2.05, 4.69) is 10.2 Å². The maximum atomic E-state index is 14.0. The number of nitrogens with zero attached hydrogens (tertiary/aromatic N) is 6. The summed E-state index contributed by atoms with van der Waals surface area (Å²) in [5.41, 5.74) is -0.0302. The summed E-state index contributed by atoms with van der Waals surface area (Å²) in [6.07, 6.45) is 4.63. The van der Waals surface area contributed by atoms with E-state index in [1.165, 1.54) is 6.20 Å². The van der Waals surface area contributed by atoms with E-state index in [1.807, 2.05) is 0 Å². The van der Waals surface area contributed by atoms with Crippen molar-refractivity contribution in [2.75, 3.05) is 29.4 Å². The highest BCUT2D eigenvalue weighted by Gasteiger charge is 2.28. The van der Waals surface area contributed by atoms with Crippen LogP contribution in [0, 0.1) is 11.6 Å². The highest BCUT2D eigenvalue weighted by atomic mass is 35.5. The molecule has 0 spiro atoms. The van der Waals surface area contributed by atoms with Crippen LogP contribution in [-0.4, -0.2) is 45.1 Å². The molecule has 8 nitrogen and oxygen atoms in total. The van der Waals surface area contributed by atoms with Gasteiger partial charge in [0.25, 0.3) is 5.56 Å². The van der Waals surface area contributed by atoms with Crippen molar-refractivity contribution >= 4 is 28.9 Å². The van der Waals surface area contributed by atoms with Gasteiger partial charge >= 0.3 is 0 Å². The quantitative estimate of drug-likeness (QED) is 0.645. The van der Waals surface area contributed by atoms with Crippen molar-refractivity contribution < 1.29 is 13.6 Å². The summed E-state index contributed by atoms with van der Waals surface area (Å²) in [6.45, 7) is 0.775. The largest absolute Gasteiger partial charge is 0.358 e. The molecule has 0 atom stereocenters. The Labute approximate surface area is 168 Å². The summed E-state index contributed by atoms with van der Waals surface area (Å²) >= 11 is 6.22. The molecular weight excluding hydrogens is 406 g/mol. The minimum Gasteiger partial charge on any atom is -0.358 e. The summed E-state index contributed by atoms with van der Waals surface area (Å²) in [4.78, 5) is 28.4. The van der Waals surface area contributed by atoms with Gasteiger partial charge < -0.3 is 9.80 Å². The number of hydrogen-bond acceptors (Lipinski definition) is 5. The first-order valence-electron chi connectivity index (χ1n) is 8.62. The molecule has 1 aliphatic rings. The van der Waals surface area contributed by atoms with Gasteiger partial charge in [0, 0.05) is 32.4 Å². The zero-order chi connectivity index (χ0) is 20.7. The Kier molecular flexibility index (Phi) is 4.79. The van der Waals surface area contributed by atoms with Gasteiger partial charge in [0.2, 0.25) is 5.91 Å². The van der Waals surface area contributed by atoms with Gasteiger partial charge in [0.05, 0.1) is 30.3 Å². The number of anilines is 2. The molecule has 150 valence electrons. The smallest absolute Gasteiger partial charge is 0.292 e. The number of carbonyl (C=O) groups is 1. The fourth-order valence-corrected chi connectivity index (χ4v) is 3.42. The fraction of sp³-hybridized carbons (Fsp3) is 0.222. The van der Waals surface area contributed by atoms with E-state index in [9.17, 15) is 18.4 Å². The number of piperazine rings is 1. The highest BCUT2D eigenvalue weighted by Crippen LogP contribution is 2.25. The van der Waals surface area contributed by atoms with Crippen molar-refractivity contribution in [3.8, 4) is 5.69 Å². The summed E-state index contributed by atoms with van der Waals surface area (Å²) in [5, 5.41) is 7.82. The average Bonchev–Trinajstić information content (AvgIpc) is 3.10. The maximum absolute atomic E-state index is 14.0. The molecule has 29 heavy (non-hydrogen) atoms. The third-order valence-corrected chi connectivity index (χ3v) is 4.96. The second kappa shape index (κ2) is 7.28. The van der Waals surface area contributed by atoms with E-state index < -0.39 is 17.2 Å². The molecule has 0 N–H and O–H groups in total. The van der Waals surface area contributed by atoms with Crippen LogP contribution in [0.5, 0.6) is 0 Å². The van der Waals surface area contributed by atoms with Crippen molar-refractivity contribution in [1.29, 1.82) is 0 Å². The van der Waals surface area contributed by atoms with Crippen LogP contribution in [0.25, 0.3) is 5.69 Å². The molecule has 3 aromatic rings. The highest BCUT2D eigenvalue weighted by molar-refractivity contribution is 6.33. The molecule has 0 radical (unpaired) electrons. The minimum atomic E-state index is -0.941. The van der Waals surface area contributed by atoms with Gasteiger partial charge in [-0.3, -0.25) is 14.3 Å². The van der Waals surface area contributed by atoms with E-state index in [0.717, 1.165) is 16.8 Å². The summed E-state index contributed by atoms with van der Waals surface area (Å²) < 4.78 is 29.5. The zero-order valence-electron chi connectivity index (χ0n) is 15.2. The number of aromatic nitrogens is 4. The Morgan fingerprint density at radius 1 is 1.07 bits per heavy atom. The second-order valence-corrected chi connectivity index (χ2v) is 6.87. The fourth-order valence-electron chi connectivity index (χ4n) is 3.17. The van der Waals surface area contributed by atoms with Gasteiger partial charge in [-0.1, -0.05) is 11.6 Å². The molecule has 0 bridgehead atoms. The van der Waals surface area contributed by atoms with Crippen LogP contribution in [0.4, 0.5) is 20.2 Å². The molecule has 1 amide bonds. The molecule has 1 fully saturated rings. The zero-order valence-corrected chi connectivity index (χ0v) is 16.0. The third-order valence-electron chi connectivity index (χ3n) is 4.60. The number of amides is 1. The molecule has 0 saturated carbocycles. The van der Waals surface area contributed by atoms with Gasteiger partial charge in [-0.25, -0.2) is 8.78 Å². The first kappa shape index (κ1) is 19.1. The molecule has 2 aromatic heterocycles. The molecule has 11 heteroatoms. The van der Waals surface area contributed by atoms with Crippen molar-refractivity contribution in [3.05, 3.63) is 63.8 Å². The van der Waals surface area contributed by atoms with E-state index in [4.69, 9.17) is 11.6 Å². The normalized spacial score (nSPS) is 14.6. The topological polar surface area (TPSA) is 76.3 Å². The van der Waals surface area contributed by atoms with Crippen molar-refractivity contribution in [2.45, 2.75) is 0 Å². The van der Waals surface area contributed by atoms with Crippen LogP contribution in [0.3, 0.4) is 0 Å². The lowest BCUT2D eigenvalue weighted by Crippen LogP contribution is -2.51. The predicted octanol–water partition coefficient (Wildman–Crippen LogP) is 1.75. The van der Waals surface area contributed by atoms with Gasteiger partial charge in [0.15, 0.2) is 5.82 Å². The Hall–Kier alpha value is -3.27.